The number of hydrogen-bond acceptors (Lipinski definition) is 6. The number of aryl methyl sites for hydroxylation is 1. The molecule has 2 aromatic rings. The molecule has 2 atom stereocenters. The molecular formula is C28H39N3O5Si. The molecule has 0 bridgehead atoms. The van der Waals surface area contributed by atoms with E-state index in [0.717, 1.165) is 40.6 Å². The van der Waals surface area contributed by atoms with Crippen molar-refractivity contribution in [3.63, 3.8) is 0 Å². The number of rotatable bonds is 12. The Balaban J connectivity index is 1.70. The van der Waals surface area contributed by atoms with Crippen molar-refractivity contribution >= 4 is 28.2 Å². The molecule has 0 saturated heterocycles. The zero-order valence-corrected chi connectivity index (χ0v) is 24.2. The molecule has 37 heavy (non-hydrogen) atoms. The number of hydrogen-bond donors (Lipinski definition) is 3. The van der Waals surface area contributed by atoms with Crippen molar-refractivity contribution in [2.75, 3.05) is 0 Å². The normalized spacial score (nSPS) is 13.1. The maximum absolute atomic E-state index is 12.2. The number of amides is 2. The van der Waals surface area contributed by atoms with E-state index in [-0.39, 0.29) is 5.73 Å². The molecule has 2 aromatic carbocycles. The Kier molecular flexibility index (Phi) is 12.1. The average molecular weight is 526 g/mol. The van der Waals surface area contributed by atoms with Crippen LogP contribution in [0.4, 0.5) is 4.79 Å². The van der Waals surface area contributed by atoms with E-state index >= 15 is 0 Å². The van der Waals surface area contributed by atoms with Crippen molar-refractivity contribution in [2.24, 2.45) is 5.73 Å². The molecule has 0 aliphatic rings. The van der Waals surface area contributed by atoms with Crippen LogP contribution in [0.1, 0.15) is 50.3 Å². The van der Waals surface area contributed by atoms with E-state index in [1.54, 1.807) is 19.9 Å². The van der Waals surface area contributed by atoms with Crippen LogP contribution in [-0.4, -0.2) is 45.6 Å². The third-order valence-electron chi connectivity index (χ3n) is 5.37. The van der Waals surface area contributed by atoms with E-state index in [2.05, 4.69) is 23.0 Å². The van der Waals surface area contributed by atoms with Crippen LogP contribution in [-0.2, 0) is 38.3 Å². The minimum atomic E-state index is -0.815. The standard InChI is InChI=1S/C28H39N3O5Si/c1-20(37)35-26(33)24(29)18-22-14-16-23(17-15-22)19-28(2,3)36-27(34)31-30-25(32)13-9-5-8-12-21-10-6-4-7-11-21/h4,6-7,9-11,13-17,20,24H,5,8,12,18-19,29H2,1-3,37H3,(H,30,32)(H,31,34)/b13-9+/t20-,24-/m0/s1. The lowest BCUT2D eigenvalue weighted by molar-refractivity contribution is -0.146. The van der Waals surface area contributed by atoms with Gasteiger partial charge >= 0.3 is 12.1 Å². The molecular weight excluding hydrogens is 486 g/mol. The van der Waals surface area contributed by atoms with Crippen molar-refractivity contribution < 1.29 is 23.9 Å². The number of carbonyl (C=O) groups excluding carboxylic acids is 3. The first kappa shape index (κ1) is 29.8. The summed E-state index contributed by atoms with van der Waals surface area (Å²) < 4.78 is 10.7. The summed E-state index contributed by atoms with van der Waals surface area (Å²) in [6.07, 6.45) is 5.90. The molecule has 0 saturated carbocycles. The largest absolute Gasteiger partial charge is 0.466 e. The van der Waals surface area contributed by atoms with Crippen LogP contribution in [0.2, 0.25) is 0 Å². The van der Waals surface area contributed by atoms with E-state index in [1.165, 1.54) is 11.6 Å². The third-order valence-corrected chi connectivity index (χ3v) is 5.60. The Morgan fingerprint density at radius 2 is 1.65 bits per heavy atom. The van der Waals surface area contributed by atoms with Crippen LogP contribution in [0.5, 0.6) is 0 Å². The number of esters is 1. The van der Waals surface area contributed by atoms with Gasteiger partial charge < -0.3 is 15.2 Å². The number of hydrazine groups is 1. The van der Waals surface area contributed by atoms with E-state index in [4.69, 9.17) is 15.2 Å². The fraction of sp³-hybridized carbons (Fsp3) is 0.393. The second kappa shape index (κ2) is 15.0. The lowest BCUT2D eigenvalue weighted by Crippen LogP contribution is -2.44. The summed E-state index contributed by atoms with van der Waals surface area (Å²) in [4.78, 5) is 36.0. The molecule has 2 amide bonds. The first-order valence-electron chi connectivity index (χ1n) is 12.6. The molecule has 200 valence electrons. The van der Waals surface area contributed by atoms with Gasteiger partial charge in [0.15, 0.2) is 0 Å². The zero-order chi connectivity index (χ0) is 27.3. The molecule has 0 spiro atoms. The molecule has 0 aliphatic heterocycles. The van der Waals surface area contributed by atoms with Gasteiger partial charge in [-0.25, -0.2) is 10.2 Å². The summed E-state index contributed by atoms with van der Waals surface area (Å²) in [5, 5.41) is 0. The first-order chi connectivity index (χ1) is 17.5. The second-order valence-electron chi connectivity index (χ2n) is 9.83. The molecule has 0 fully saturated rings. The van der Waals surface area contributed by atoms with E-state index in [9.17, 15) is 14.4 Å². The lowest BCUT2D eigenvalue weighted by atomic mass is 9.96. The summed E-state index contributed by atoms with van der Waals surface area (Å²) in [7, 11) is 0.761. The van der Waals surface area contributed by atoms with Crippen molar-refractivity contribution in [1.29, 1.82) is 0 Å². The molecule has 0 heterocycles. The Bertz CT molecular complexity index is 1040. The summed E-state index contributed by atoms with van der Waals surface area (Å²) >= 11 is 0. The highest BCUT2D eigenvalue weighted by Gasteiger charge is 2.24. The third kappa shape index (κ3) is 12.4. The van der Waals surface area contributed by atoms with Gasteiger partial charge in [0.05, 0.1) is 16.0 Å². The van der Waals surface area contributed by atoms with Crippen molar-refractivity contribution in [1.82, 2.24) is 10.9 Å². The molecule has 0 aliphatic carbocycles. The SMILES string of the molecule is C[C@H]([SiH3])OC(=O)[C@@H](N)Cc1ccc(CC(C)(C)OC(=O)NNC(=O)/C=C/CCCc2ccccc2)cc1. The summed E-state index contributed by atoms with van der Waals surface area (Å²) in [6, 6.07) is 17.1. The predicted octanol–water partition coefficient (Wildman–Crippen LogP) is 2.47. The Morgan fingerprint density at radius 1 is 1.00 bits per heavy atom. The smallest absolute Gasteiger partial charge is 0.426 e. The molecule has 0 unspecified atom stereocenters. The predicted molar refractivity (Wildman–Crippen MR) is 148 cm³/mol. The fourth-order valence-electron chi connectivity index (χ4n) is 3.67. The quantitative estimate of drug-likeness (QED) is 0.129. The first-order valence-corrected chi connectivity index (χ1v) is 13.7. The molecule has 0 radical (unpaired) electrons. The maximum atomic E-state index is 12.2. The molecule has 9 heteroatoms. The van der Waals surface area contributed by atoms with Crippen molar-refractivity contribution in [2.45, 2.75) is 70.2 Å². The number of benzene rings is 2. The monoisotopic (exact) mass is 525 g/mol. The van der Waals surface area contributed by atoms with E-state index in [0.29, 0.717) is 12.8 Å². The number of carbonyl (C=O) groups is 3. The molecule has 4 N–H and O–H groups in total. The van der Waals surface area contributed by atoms with Crippen LogP contribution in [0.15, 0.2) is 66.7 Å². The maximum Gasteiger partial charge on any atom is 0.426 e. The highest BCUT2D eigenvalue weighted by molar-refractivity contribution is 6.11. The van der Waals surface area contributed by atoms with Crippen LogP contribution >= 0.6 is 0 Å². The molecule has 2 rings (SSSR count). The number of nitrogens with one attached hydrogen (secondary N) is 2. The fourth-order valence-corrected chi connectivity index (χ4v) is 3.90. The number of unbranched alkanes of at least 4 members (excludes halogenated alkanes) is 1. The topological polar surface area (TPSA) is 120 Å². The lowest BCUT2D eigenvalue weighted by Gasteiger charge is -2.25. The van der Waals surface area contributed by atoms with Gasteiger partial charge in [-0.1, -0.05) is 60.7 Å². The number of ether oxygens (including phenoxy) is 2. The van der Waals surface area contributed by atoms with Crippen LogP contribution in [0.3, 0.4) is 0 Å². The van der Waals surface area contributed by atoms with Gasteiger partial charge in [-0.3, -0.25) is 15.0 Å². The minimum Gasteiger partial charge on any atom is -0.466 e. The number of nitrogens with two attached hydrogens (primary N) is 1. The second-order valence-corrected chi connectivity index (χ2v) is 11.5. The molecule has 0 aromatic heterocycles. The van der Waals surface area contributed by atoms with Gasteiger partial charge in [0.2, 0.25) is 0 Å². The van der Waals surface area contributed by atoms with Crippen molar-refractivity contribution in [3.8, 4) is 0 Å². The van der Waals surface area contributed by atoms with E-state index in [1.807, 2.05) is 49.4 Å². The van der Waals surface area contributed by atoms with Crippen LogP contribution < -0.4 is 16.6 Å². The highest BCUT2D eigenvalue weighted by atomic mass is 28.1. The Labute approximate surface area is 222 Å². The van der Waals surface area contributed by atoms with Gasteiger partial charge in [-0.05, 0) is 63.1 Å². The van der Waals surface area contributed by atoms with Crippen LogP contribution in [0.25, 0.3) is 0 Å². The Morgan fingerprint density at radius 3 is 2.30 bits per heavy atom. The van der Waals surface area contributed by atoms with Crippen LogP contribution in [0, 0.1) is 0 Å². The van der Waals surface area contributed by atoms with Gasteiger partial charge in [-0.15, -0.1) is 0 Å². The van der Waals surface area contributed by atoms with Gasteiger partial charge in [-0.2, -0.15) is 0 Å². The summed E-state index contributed by atoms with van der Waals surface area (Å²) in [5.74, 6) is -0.819. The van der Waals surface area contributed by atoms with Gasteiger partial charge in [0.25, 0.3) is 5.91 Å². The Hall–Kier alpha value is -3.43. The van der Waals surface area contributed by atoms with E-state index < -0.39 is 29.6 Å². The highest BCUT2D eigenvalue weighted by Crippen LogP contribution is 2.18. The van der Waals surface area contributed by atoms with Gasteiger partial charge in [0.1, 0.15) is 11.6 Å². The zero-order valence-electron chi connectivity index (χ0n) is 22.2. The average Bonchev–Trinajstić information content (AvgIpc) is 2.83. The van der Waals surface area contributed by atoms with Gasteiger partial charge in [0, 0.05) is 12.5 Å². The van der Waals surface area contributed by atoms with Crippen molar-refractivity contribution in [3.05, 3.63) is 83.4 Å². The minimum absolute atomic E-state index is 0.0692. The summed E-state index contributed by atoms with van der Waals surface area (Å²) in [5.41, 5.74) is 12.8. The molecule has 8 nitrogen and oxygen atoms in total. The number of allylic oxidation sites excluding steroid dienone is 1. The summed E-state index contributed by atoms with van der Waals surface area (Å²) in [6.45, 7) is 5.42.